The van der Waals surface area contributed by atoms with Gasteiger partial charge in [0.1, 0.15) is 0 Å². The van der Waals surface area contributed by atoms with Gasteiger partial charge in [-0.3, -0.25) is 9.59 Å². The van der Waals surface area contributed by atoms with Gasteiger partial charge in [-0.25, -0.2) is 8.42 Å². The van der Waals surface area contributed by atoms with Crippen LogP contribution in [0.1, 0.15) is 23.7 Å². The Morgan fingerprint density at radius 2 is 1.95 bits per heavy atom. The second-order valence-electron chi connectivity index (χ2n) is 4.95. The molecule has 0 bridgehead atoms. The van der Waals surface area contributed by atoms with Gasteiger partial charge in [0.25, 0.3) is 5.91 Å². The van der Waals surface area contributed by atoms with Crippen LogP contribution < -0.4 is 5.56 Å². The molecule has 1 aliphatic rings. The van der Waals surface area contributed by atoms with E-state index in [9.17, 15) is 18.0 Å². The number of rotatable bonds is 4. The fraction of sp³-hybridized carbons (Fsp3) is 0.538. The number of aromatic nitrogens is 1. The Balaban J connectivity index is 2.01. The average molecular weight is 313 g/mol. The molecule has 1 aromatic rings. The third-order valence-corrected chi connectivity index (χ3v) is 5.48. The first-order valence-electron chi connectivity index (χ1n) is 6.90. The molecule has 0 saturated carbocycles. The minimum atomic E-state index is -3.21. The van der Waals surface area contributed by atoms with E-state index >= 15 is 0 Å². The minimum absolute atomic E-state index is 0.134. The SMILES string of the molecule is CCCS(=O)(=O)N1CCN(C(=O)c2cc[nH]c(=O)c2)CC1. The highest BCUT2D eigenvalue weighted by Gasteiger charge is 2.28. The van der Waals surface area contributed by atoms with Crippen LogP contribution in [0, 0.1) is 0 Å². The van der Waals surface area contributed by atoms with Crippen molar-refractivity contribution < 1.29 is 13.2 Å². The van der Waals surface area contributed by atoms with E-state index in [2.05, 4.69) is 4.98 Å². The van der Waals surface area contributed by atoms with Crippen molar-refractivity contribution in [1.29, 1.82) is 0 Å². The molecule has 7 nitrogen and oxygen atoms in total. The quantitative estimate of drug-likeness (QED) is 0.838. The molecule has 1 aliphatic heterocycles. The smallest absolute Gasteiger partial charge is 0.254 e. The topological polar surface area (TPSA) is 90.6 Å². The van der Waals surface area contributed by atoms with Crippen molar-refractivity contribution in [2.75, 3.05) is 31.9 Å². The maximum absolute atomic E-state index is 12.2. The lowest BCUT2D eigenvalue weighted by molar-refractivity contribution is 0.0697. The maximum atomic E-state index is 12.2. The predicted molar refractivity (Wildman–Crippen MR) is 78.6 cm³/mol. The molecule has 0 radical (unpaired) electrons. The van der Waals surface area contributed by atoms with Crippen LogP contribution in [0.3, 0.4) is 0 Å². The van der Waals surface area contributed by atoms with Gasteiger partial charge in [0.2, 0.25) is 15.6 Å². The monoisotopic (exact) mass is 313 g/mol. The zero-order valence-electron chi connectivity index (χ0n) is 11.9. The molecule has 1 fully saturated rings. The van der Waals surface area contributed by atoms with Crippen LogP contribution in [0.15, 0.2) is 23.1 Å². The second-order valence-corrected chi connectivity index (χ2v) is 7.04. The molecule has 0 aromatic carbocycles. The molecule has 1 N–H and O–H groups in total. The van der Waals surface area contributed by atoms with E-state index in [0.717, 1.165) is 0 Å². The van der Waals surface area contributed by atoms with Crippen molar-refractivity contribution in [2.45, 2.75) is 13.3 Å². The number of hydrogen-bond donors (Lipinski definition) is 1. The van der Waals surface area contributed by atoms with E-state index in [4.69, 9.17) is 0 Å². The summed E-state index contributed by atoms with van der Waals surface area (Å²) in [4.78, 5) is 27.5. The molecule has 21 heavy (non-hydrogen) atoms. The van der Waals surface area contributed by atoms with Crippen molar-refractivity contribution >= 4 is 15.9 Å². The zero-order valence-corrected chi connectivity index (χ0v) is 12.7. The molecule has 2 rings (SSSR count). The second kappa shape index (κ2) is 6.40. The van der Waals surface area contributed by atoms with Crippen molar-refractivity contribution in [1.82, 2.24) is 14.2 Å². The van der Waals surface area contributed by atoms with Crippen molar-refractivity contribution in [3.05, 3.63) is 34.2 Å². The van der Waals surface area contributed by atoms with Gasteiger partial charge in [0.05, 0.1) is 5.75 Å². The Bertz CT molecular complexity index is 660. The Kier molecular flexibility index (Phi) is 4.79. The van der Waals surface area contributed by atoms with Gasteiger partial charge in [0, 0.05) is 44.0 Å². The number of H-pyrrole nitrogens is 1. The van der Waals surface area contributed by atoms with Crippen LogP contribution in [0.4, 0.5) is 0 Å². The molecule has 0 aliphatic carbocycles. The van der Waals surface area contributed by atoms with E-state index in [0.29, 0.717) is 38.2 Å². The fourth-order valence-corrected chi connectivity index (χ4v) is 3.81. The van der Waals surface area contributed by atoms with Crippen molar-refractivity contribution in [2.24, 2.45) is 0 Å². The Morgan fingerprint density at radius 1 is 1.29 bits per heavy atom. The molecular weight excluding hydrogens is 294 g/mol. The highest BCUT2D eigenvalue weighted by Crippen LogP contribution is 2.11. The van der Waals surface area contributed by atoms with Crippen LogP contribution in [-0.2, 0) is 10.0 Å². The van der Waals surface area contributed by atoms with Gasteiger partial charge in [-0.2, -0.15) is 4.31 Å². The summed E-state index contributed by atoms with van der Waals surface area (Å²) in [6, 6.07) is 2.80. The highest BCUT2D eigenvalue weighted by molar-refractivity contribution is 7.89. The van der Waals surface area contributed by atoms with Crippen LogP contribution in [0.5, 0.6) is 0 Å². The summed E-state index contributed by atoms with van der Waals surface area (Å²) in [6.45, 7) is 3.11. The number of amides is 1. The van der Waals surface area contributed by atoms with Crippen molar-refractivity contribution in [3.8, 4) is 0 Å². The summed E-state index contributed by atoms with van der Waals surface area (Å²) in [5, 5.41) is 0. The van der Waals surface area contributed by atoms with E-state index < -0.39 is 10.0 Å². The molecule has 1 saturated heterocycles. The highest BCUT2D eigenvalue weighted by atomic mass is 32.2. The van der Waals surface area contributed by atoms with Gasteiger partial charge in [-0.15, -0.1) is 0 Å². The first-order chi connectivity index (χ1) is 9.94. The number of pyridine rings is 1. The number of sulfonamides is 1. The van der Waals surface area contributed by atoms with Gasteiger partial charge in [0.15, 0.2) is 0 Å². The summed E-state index contributed by atoms with van der Waals surface area (Å²) in [7, 11) is -3.21. The minimum Gasteiger partial charge on any atom is -0.336 e. The van der Waals surface area contributed by atoms with E-state index in [1.165, 1.54) is 16.6 Å². The number of piperazine rings is 1. The molecule has 1 amide bonds. The summed E-state index contributed by atoms with van der Waals surface area (Å²) in [5.74, 6) is -0.108. The molecular formula is C13H19N3O4S. The predicted octanol–water partition coefficient (Wildman–Crippen LogP) is -0.127. The largest absolute Gasteiger partial charge is 0.336 e. The molecule has 2 heterocycles. The Labute approximate surface area is 123 Å². The van der Waals surface area contributed by atoms with E-state index in [1.54, 1.807) is 11.0 Å². The molecule has 0 unspecified atom stereocenters. The normalized spacial score (nSPS) is 16.9. The lowest BCUT2D eigenvalue weighted by Crippen LogP contribution is -2.51. The summed E-state index contributed by atoms with van der Waals surface area (Å²) >= 11 is 0. The van der Waals surface area contributed by atoms with E-state index in [1.807, 2.05) is 6.92 Å². The van der Waals surface area contributed by atoms with Crippen LogP contribution in [0.25, 0.3) is 0 Å². The number of carbonyl (C=O) groups is 1. The Morgan fingerprint density at radius 3 is 2.52 bits per heavy atom. The van der Waals surface area contributed by atoms with E-state index in [-0.39, 0.29) is 17.2 Å². The standard InChI is InChI=1S/C13H19N3O4S/c1-2-9-21(19,20)16-7-5-15(6-8-16)13(18)11-3-4-14-12(17)10-11/h3-4,10H,2,5-9H2,1H3,(H,14,17). The fourth-order valence-electron chi connectivity index (χ4n) is 2.32. The van der Waals surface area contributed by atoms with Gasteiger partial charge < -0.3 is 9.88 Å². The molecule has 8 heteroatoms. The van der Waals surface area contributed by atoms with Crippen molar-refractivity contribution in [3.63, 3.8) is 0 Å². The molecule has 116 valence electrons. The number of aromatic amines is 1. The first-order valence-corrected chi connectivity index (χ1v) is 8.51. The van der Waals surface area contributed by atoms with Crippen LogP contribution in [0.2, 0.25) is 0 Å². The Hall–Kier alpha value is -1.67. The summed E-state index contributed by atoms with van der Waals surface area (Å²) < 4.78 is 25.3. The number of nitrogens with zero attached hydrogens (tertiary/aromatic N) is 2. The lowest BCUT2D eigenvalue weighted by Gasteiger charge is -2.34. The maximum Gasteiger partial charge on any atom is 0.254 e. The molecule has 0 spiro atoms. The number of nitrogens with one attached hydrogen (secondary N) is 1. The van der Waals surface area contributed by atoms with Crippen LogP contribution in [-0.4, -0.2) is 60.4 Å². The lowest BCUT2D eigenvalue weighted by atomic mass is 10.2. The molecule has 1 aromatic heterocycles. The third kappa shape index (κ3) is 3.70. The summed E-state index contributed by atoms with van der Waals surface area (Å²) in [5.41, 5.74) is -0.00590. The first kappa shape index (κ1) is 15.7. The summed E-state index contributed by atoms with van der Waals surface area (Å²) in [6.07, 6.45) is 2.01. The zero-order chi connectivity index (χ0) is 15.5. The third-order valence-electron chi connectivity index (χ3n) is 3.40. The number of hydrogen-bond acceptors (Lipinski definition) is 4. The van der Waals surface area contributed by atoms with Gasteiger partial charge >= 0.3 is 0 Å². The van der Waals surface area contributed by atoms with Gasteiger partial charge in [-0.05, 0) is 12.5 Å². The van der Waals surface area contributed by atoms with Gasteiger partial charge in [-0.1, -0.05) is 6.92 Å². The number of carbonyl (C=O) groups excluding carboxylic acids is 1. The molecule has 0 atom stereocenters. The van der Waals surface area contributed by atoms with Crippen LogP contribution >= 0.6 is 0 Å². The average Bonchev–Trinajstić information content (AvgIpc) is 2.46.